The van der Waals surface area contributed by atoms with Crippen LogP contribution in [0.1, 0.15) is 29.8 Å². The minimum absolute atomic E-state index is 0.167. The molecule has 4 rings (SSSR count). The smallest absolute Gasteiger partial charge is 0.351 e. The van der Waals surface area contributed by atoms with Gasteiger partial charge in [-0.1, -0.05) is 55.8 Å². The van der Waals surface area contributed by atoms with Crippen LogP contribution in [0.25, 0.3) is 21.4 Å². The molecular formula is C25H24FNO5S. The van der Waals surface area contributed by atoms with Crippen molar-refractivity contribution in [3.8, 4) is 11.1 Å². The summed E-state index contributed by atoms with van der Waals surface area (Å²) < 4.78 is 22.7. The van der Waals surface area contributed by atoms with Gasteiger partial charge in [0.2, 0.25) is 6.41 Å². The average Bonchev–Trinajstić information content (AvgIpc) is 3.21. The second-order valence-corrected chi connectivity index (χ2v) is 7.50. The molecule has 0 radical (unpaired) electrons. The monoisotopic (exact) mass is 469 g/mol. The van der Waals surface area contributed by atoms with Crippen molar-refractivity contribution in [1.29, 1.82) is 0 Å². The summed E-state index contributed by atoms with van der Waals surface area (Å²) in [6.45, 7) is 6.05. The van der Waals surface area contributed by atoms with E-state index in [-0.39, 0.29) is 11.4 Å². The van der Waals surface area contributed by atoms with Gasteiger partial charge in [-0.05, 0) is 36.2 Å². The summed E-state index contributed by atoms with van der Waals surface area (Å²) in [6.07, 6.45) is 0.518. The number of anilines is 1. The Hall–Kier alpha value is -3.78. The highest BCUT2D eigenvalue weighted by Crippen LogP contribution is 2.29. The van der Waals surface area contributed by atoms with Gasteiger partial charge in [-0.2, -0.15) is 0 Å². The molecule has 2 aromatic heterocycles. The number of carbonyl (C=O) groups is 2. The predicted molar refractivity (Wildman–Crippen MR) is 129 cm³/mol. The van der Waals surface area contributed by atoms with E-state index in [2.05, 4.69) is 16.1 Å². The third-order valence-electron chi connectivity index (χ3n) is 4.23. The van der Waals surface area contributed by atoms with Crippen molar-refractivity contribution in [2.24, 2.45) is 0 Å². The highest BCUT2D eigenvalue weighted by Gasteiger charge is 2.15. The van der Waals surface area contributed by atoms with Gasteiger partial charge in [0.05, 0.1) is 16.8 Å². The lowest BCUT2D eigenvalue weighted by Gasteiger charge is -2.02. The number of amides is 1. The summed E-state index contributed by atoms with van der Waals surface area (Å²) >= 11 is 1.19. The van der Waals surface area contributed by atoms with E-state index in [0.717, 1.165) is 11.1 Å². The SMILES string of the molecule is CC.COC(=O)c1cc2sc(NC=O)cc2oc1=O.Cc1cccc(-c2ccc(F)cc2)c1. The molecule has 172 valence electrons. The zero-order valence-electron chi connectivity index (χ0n) is 18.7. The van der Waals surface area contributed by atoms with Crippen molar-refractivity contribution in [1.82, 2.24) is 0 Å². The molecule has 0 saturated carbocycles. The Morgan fingerprint density at radius 1 is 1.06 bits per heavy atom. The number of halogens is 1. The van der Waals surface area contributed by atoms with E-state index in [1.54, 1.807) is 12.1 Å². The largest absolute Gasteiger partial charge is 0.465 e. The second-order valence-electron chi connectivity index (χ2n) is 6.42. The number of carbonyl (C=O) groups excluding carboxylic acids is 2. The lowest BCUT2D eigenvalue weighted by Crippen LogP contribution is -2.14. The summed E-state index contributed by atoms with van der Waals surface area (Å²) in [5, 5.41) is 2.97. The lowest BCUT2D eigenvalue weighted by atomic mass is 10.0. The number of hydrogen-bond acceptors (Lipinski definition) is 6. The van der Waals surface area contributed by atoms with Crippen LogP contribution in [0.4, 0.5) is 9.39 Å². The molecular weight excluding hydrogens is 445 g/mol. The lowest BCUT2D eigenvalue weighted by molar-refractivity contribution is -0.105. The maximum Gasteiger partial charge on any atom is 0.351 e. The van der Waals surface area contributed by atoms with Crippen LogP contribution in [0.5, 0.6) is 0 Å². The van der Waals surface area contributed by atoms with Gasteiger partial charge in [-0.3, -0.25) is 4.79 Å². The fourth-order valence-corrected chi connectivity index (χ4v) is 3.65. The van der Waals surface area contributed by atoms with Gasteiger partial charge < -0.3 is 14.5 Å². The first-order chi connectivity index (χ1) is 15.9. The van der Waals surface area contributed by atoms with Crippen molar-refractivity contribution >= 4 is 39.0 Å². The molecule has 0 atom stereocenters. The number of methoxy groups -OCH3 is 1. The predicted octanol–water partition coefficient (Wildman–Crippen LogP) is 6.04. The maximum atomic E-state index is 12.7. The Morgan fingerprint density at radius 3 is 2.36 bits per heavy atom. The van der Waals surface area contributed by atoms with E-state index in [0.29, 0.717) is 21.7 Å². The van der Waals surface area contributed by atoms with Crippen LogP contribution in [0.15, 0.2) is 69.9 Å². The summed E-state index contributed by atoms with van der Waals surface area (Å²) in [7, 11) is 1.18. The minimum Gasteiger partial charge on any atom is -0.465 e. The second kappa shape index (κ2) is 12.3. The fraction of sp³-hybridized carbons (Fsp3) is 0.160. The summed E-state index contributed by atoms with van der Waals surface area (Å²) in [5.41, 5.74) is 2.78. The first kappa shape index (κ1) is 25.5. The van der Waals surface area contributed by atoms with E-state index >= 15 is 0 Å². The third-order valence-corrected chi connectivity index (χ3v) is 5.22. The summed E-state index contributed by atoms with van der Waals surface area (Å²) in [5.74, 6) is -0.944. The Morgan fingerprint density at radius 2 is 1.76 bits per heavy atom. The van der Waals surface area contributed by atoms with Crippen LogP contribution in [0.3, 0.4) is 0 Å². The molecule has 1 amide bonds. The molecule has 0 saturated heterocycles. The molecule has 8 heteroatoms. The number of benzene rings is 2. The Labute approximate surface area is 194 Å². The Balaban J connectivity index is 0.000000221. The molecule has 2 aromatic carbocycles. The van der Waals surface area contributed by atoms with E-state index in [9.17, 15) is 18.8 Å². The van der Waals surface area contributed by atoms with Gasteiger partial charge in [0.15, 0.2) is 5.58 Å². The van der Waals surface area contributed by atoms with E-state index in [4.69, 9.17) is 4.42 Å². The number of fused-ring (bicyclic) bond motifs is 1. The molecule has 0 aliphatic heterocycles. The zero-order valence-corrected chi connectivity index (χ0v) is 19.5. The summed E-state index contributed by atoms with van der Waals surface area (Å²) in [6, 6.07) is 17.6. The zero-order chi connectivity index (χ0) is 24.4. The molecule has 2 heterocycles. The Bertz CT molecular complexity index is 1280. The van der Waals surface area contributed by atoms with E-state index in [1.807, 2.05) is 39.0 Å². The molecule has 0 fully saturated rings. The minimum atomic E-state index is -0.764. The van der Waals surface area contributed by atoms with Gasteiger partial charge in [0.1, 0.15) is 11.4 Å². The molecule has 0 spiro atoms. The number of thiophene rings is 1. The van der Waals surface area contributed by atoms with Crippen molar-refractivity contribution in [2.75, 3.05) is 12.4 Å². The number of esters is 1. The fourth-order valence-electron chi connectivity index (χ4n) is 2.76. The topological polar surface area (TPSA) is 85.6 Å². The molecule has 6 nitrogen and oxygen atoms in total. The molecule has 33 heavy (non-hydrogen) atoms. The van der Waals surface area contributed by atoms with Crippen LogP contribution in [0.2, 0.25) is 0 Å². The van der Waals surface area contributed by atoms with Crippen molar-refractivity contribution in [3.05, 3.63) is 88.0 Å². The number of aryl methyl sites for hydroxylation is 1. The van der Waals surface area contributed by atoms with Gasteiger partial charge >= 0.3 is 11.6 Å². The summed E-state index contributed by atoms with van der Waals surface area (Å²) in [4.78, 5) is 33.0. The first-order valence-corrected chi connectivity index (χ1v) is 10.9. The maximum absolute atomic E-state index is 12.7. The number of nitrogens with one attached hydrogen (secondary N) is 1. The van der Waals surface area contributed by atoms with Crippen LogP contribution in [-0.4, -0.2) is 19.5 Å². The first-order valence-electron chi connectivity index (χ1n) is 10.1. The highest BCUT2D eigenvalue weighted by molar-refractivity contribution is 7.22. The van der Waals surface area contributed by atoms with Gasteiger partial charge in [-0.15, -0.1) is 11.3 Å². The number of hydrogen-bond donors (Lipinski definition) is 1. The average molecular weight is 470 g/mol. The highest BCUT2D eigenvalue weighted by atomic mass is 32.1. The standard InChI is InChI=1S/C13H11F.C10H7NO5S.C2H6/c1-10-3-2-4-12(9-10)11-5-7-13(14)8-6-11;1-15-9(13)5-2-7-6(16-10(5)14)3-8(17-7)11-4-12;1-2/h2-9H,1H3;2-4H,1H3,(H,11,12);1-2H3. The van der Waals surface area contributed by atoms with Crippen LogP contribution >= 0.6 is 11.3 Å². The normalized spacial score (nSPS) is 9.73. The van der Waals surface area contributed by atoms with Crippen molar-refractivity contribution in [2.45, 2.75) is 20.8 Å². The number of rotatable bonds is 4. The van der Waals surface area contributed by atoms with E-state index in [1.165, 1.54) is 48.3 Å². The van der Waals surface area contributed by atoms with Crippen molar-refractivity contribution in [3.63, 3.8) is 0 Å². The van der Waals surface area contributed by atoms with Gasteiger partial charge in [0, 0.05) is 6.07 Å². The number of ether oxygens (including phenoxy) is 1. The van der Waals surface area contributed by atoms with Crippen LogP contribution < -0.4 is 10.9 Å². The molecule has 4 aromatic rings. The van der Waals surface area contributed by atoms with E-state index < -0.39 is 11.6 Å². The third kappa shape index (κ3) is 6.85. The molecule has 1 N–H and O–H groups in total. The van der Waals surface area contributed by atoms with Crippen LogP contribution in [0, 0.1) is 12.7 Å². The van der Waals surface area contributed by atoms with Gasteiger partial charge in [-0.25, -0.2) is 14.0 Å². The van der Waals surface area contributed by atoms with Crippen LogP contribution in [-0.2, 0) is 9.53 Å². The molecule has 0 aliphatic carbocycles. The molecule has 0 aliphatic rings. The molecule has 0 unspecified atom stereocenters. The quantitative estimate of drug-likeness (QED) is 0.291. The van der Waals surface area contributed by atoms with Gasteiger partial charge in [0.25, 0.3) is 0 Å². The van der Waals surface area contributed by atoms with Crippen molar-refractivity contribution < 1.29 is 23.1 Å². The molecule has 0 bridgehead atoms. The Kier molecular flexibility index (Phi) is 9.50.